The van der Waals surface area contributed by atoms with Gasteiger partial charge in [-0.3, -0.25) is 9.48 Å². The van der Waals surface area contributed by atoms with Gasteiger partial charge in [0.2, 0.25) is 5.91 Å². The van der Waals surface area contributed by atoms with E-state index in [4.69, 9.17) is 0 Å². The third kappa shape index (κ3) is 4.95. The highest BCUT2D eigenvalue weighted by Crippen LogP contribution is 2.42. The van der Waals surface area contributed by atoms with E-state index in [1.165, 1.54) is 4.68 Å². The van der Waals surface area contributed by atoms with Crippen LogP contribution in [0.4, 0.5) is 13.2 Å². The van der Waals surface area contributed by atoms with Crippen LogP contribution in [-0.2, 0) is 17.5 Å². The van der Waals surface area contributed by atoms with E-state index in [1.54, 1.807) is 0 Å². The fourth-order valence-electron chi connectivity index (χ4n) is 2.49. The molecule has 2 rings (SSSR count). The fourth-order valence-corrected chi connectivity index (χ4v) is 2.49. The summed E-state index contributed by atoms with van der Waals surface area (Å²) in [5.41, 5.74) is -0.411. The number of likely N-dealkylation sites (N-methyl/N-ethyl adjacent to an activating group) is 1. The summed E-state index contributed by atoms with van der Waals surface area (Å²) in [6.07, 6.45) is -2.77. The molecule has 8 heteroatoms. The maximum Gasteiger partial charge on any atom is 0.435 e. The number of nitrogens with zero attached hydrogens (tertiary/aromatic N) is 3. The van der Waals surface area contributed by atoms with Gasteiger partial charge in [-0.2, -0.15) is 18.3 Å². The second-order valence-electron chi connectivity index (χ2n) is 5.76. The van der Waals surface area contributed by atoms with E-state index < -0.39 is 11.9 Å². The maximum absolute atomic E-state index is 12.8. The van der Waals surface area contributed by atoms with Gasteiger partial charge in [0.25, 0.3) is 0 Å². The molecule has 1 N–H and O–H groups in total. The number of carbonyl (C=O) groups excluding carboxylic acids is 1. The summed E-state index contributed by atoms with van der Waals surface area (Å²) >= 11 is 0. The molecular weight excluding hydrogens is 309 g/mol. The molecule has 1 aliphatic carbocycles. The number of amides is 1. The number of halogens is 3. The summed E-state index contributed by atoms with van der Waals surface area (Å²) < 4.78 is 39.6. The van der Waals surface area contributed by atoms with E-state index in [0.29, 0.717) is 12.2 Å². The van der Waals surface area contributed by atoms with Crippen molar-refractivity contribution >= 4 is 5.91 Å². The number of aromatic nitrogens is 2. The van der Waals surface area contributed by atoms with Crippen molar-refractivity contribution in [1.82, 2.24) is 20.0 Å². The molecule has 1 aliphatic rings. The zero-order chi connectivity index (χ0) is 17.0. The number of rotatable bonds is 8. The molecule has 0 bridgehead atoms. The van der Waals surface area contributed by atoms with Crippen LogP contribution in [0, 0.1) is 0 Å². The van der Waals surface area contributed by atoms with Crippen LogP contribution < -0.4 is 5.32 Å². The smallest absolute Gasteiger partial charge is 0.353 e. The molecule has 0 atom stereocenters. The van der Waals surface area contributed by atoms with Crippen molar-refractivity contribution in [2.75, 3.05) is 26.2 Å². The van der Waals surface area contributed by atoms with Gasteiger partial charge in [0.05, 0.1) is 0 Å². The Hall–Kier alpha value is -1.57. The van der Waals surface area contributed by atoms with Gasteiger partial charge in [0, 0.05) is 24.7 Å². The fraction of sp³-hybridized carbons (Fsp3) is 0.733. The highest BCUT2D eigenvalue weighted by molar-refractivity contribution is 5.75. The Morgan fingerprint density at radius 1 is 1.39 bits per heavy atom. The molecule has 1 aromatic heterocycles. The Morgan fingerprint density at radius 3 is 2.57 bits per heavy atom. The summed E-state index contributed by atoms with van der Waals surface area (Å²) in [7, 11) is 0. The standard InChI is InChI=1S/C15H23F3N4O/c1-3-21(4-2)8-7-19-14(23)10-22-12(11-5-6-11)9-13(20-22)15(16,17)18/h9,11H,3-8,10H2,1-2H3,(H,19,23). The summed E-state index contributed by atoms with van der Waals surface area (Å²) in [4.78, 5) is 14.1. The van der Waals surface area contributed by atoms with Crippen LogP contribution in [0.1, 0.15) is 44.0 Å². The van der Waals surface area contributed by atoms with Gasteiger partial charge in [0.1, 0.15) is 6.54 Å². The summed E-state index contributed by atoms with van der Waals surface area (Å²) in [5, 5.41) is 6.32. The summed E-state index contributed by atoms with van der Waals surface area (Å²) in [6, 6.07) is 1.07. The van der Waals surface area contributed by atoms with Crippen LogP contribution in [-0.4, -0.2) is 46.8 Å². The number of hydrogen-bond acceptors (Lipinski definition) is 3. The molecule has 1 amide bonds. The first-order valence-corrected chi connectivity index (χ1v) is 7.99. The second-order valence-corrected chi connectivity index (χ2v) is 5.76. The largest absolute Gasteiger partial charge is 0.435 e. The predicted octanol–water partition coefficient (Wildman–Crippen LogP) is 2.24. The molecular formula is C15H23F3N4O. The monoisotopic (exact) mass is 332 g/mol. The molecule has 1 saturated carbocycles. The first kappa shape index (κ1) is 17.8. The number of alkyl halides is 3. The number of nitrogens with one attached hydrogen (secondary N) is 1. The molecule has 1 fully saturated rings. The van der Waals surface area contributed by atoms with Crippen LogP contribution >= 0.6 is 0 Å². The van der Waals surface area contributed by atoms with Crippen LogP contribution in [0.5, 0.6) is 0 Å². The average molecular weight is 332 g/mol. The first-order chi connectivity index (χ1) is 10.8. The van der Waals surface area contributed by atoms with Crippen molar-refractivity contribution in [3.8, 4) is 0 Å². The van der Waals surface area contributed by atoms with E-state index in [2.05, 4.69) is 15.3 Å². The van der Waals surface area contributed by atoms with Crippen LogP contribution in [0.3, 0.4) is 0 Å². The summed E-state index contributed by atoms with van der Waals surface area (Å²) in [5.74, 6) is -0.210. The molecule has 0 saturated heterocycles. The second kappa shape index (κ2) is 7.33. The van der Waals surface area contributed by atoms with Crippen molar-refractivity contribution in [2.24, 2.45) is 0 Å². The van der Waals surface area contributed by atoms with Crippen molar-refractivity contribution in [3.63, 3.8) is 0 Å². The Balaban J connectivity index is 1.93. The number of hydrogen-bond donors (Lipinski definition) is 1. The van der Waals surface area contributed by atoms with Gasteiger partial charge in [-0.05, 0) is 32.0 Å². The molecule has 0 aromatic carbocycles. The maximum atomic E-state index is 12.8. The lowest BCUT2D eigenvalue weighted by Gasteiger charge is -2.18. The predicted molar refractivity (Wildman–Crippen MR) is 80.0 cm³/mol. The van der Waals surface area contributed by atoms with Crippen molar-refractivity contribution in [2.45, 2.75) is 45.3 Å². The lowest BCUT2D eigenvalue weighted by molar-refractivity contribution is -0.141. The third-order valence-electron chi connectivity index (χ3n) is 4.04. The zero-order valence-electron chi connectivity index (χ0n) is 13.5. The molecule has 23 heavy (non-hydrogen) atoms. The van der Waals surface area contributed by atoms with E-state index in [-0.39, 0.29) is 18.4 Å². The highest BCUT2D eigenvalue weighted by atomic mass is 19.4. The topological polar surface area (TPSA) is 50.2 Å². The Labute approximate surface area is 133 Å². The average Bonchev–Trinajstić information content (AvgIpc) is 3.23. The van der Waals surface area contributed by atoms with Crippen LogP contribution in [0.25, 0.3) is 0 Å². The molecule has 5 nitrogen and oxygen atoms in total. The molecule has 1 aromatic rings. The number of carbonyl (C=O) groups is 1. The minimum atomic E-state index is -4.48. The van der Waals surface area contributed by atoms with Gasteiger partial charge < -0.3 is 10.2 Å². The van der Waals surface area contributed by atoms with Crippen LogP contribution in [0.15, 0.2) is 6.07 Å². The zero-order valence-corrected chi connectivity index (χ0v) is 13.5. The van der Waals surface area contributed by atoms with Crippen molar-refractivity contribution in [1.29, 1.82) is 0 Å². The molecule has 130 valence electrons. The molecule has 1 heterocycles. The van der Waals surface area contributed by atoms with E-state index in [9.17, 15) is 18.0 Å². The quantitative estimate of drug-likeness (QED) is 0.794. The Bertz CT molecular complexity index is 533. The minimum absolute atomic E-state index is 0.0991. The van der Waals surface area contributed by atoms with Gasteiger partial charge in [-0.15, -0.1) is 0 Å². The van der Waals surface area contributed by atoms with Gasteiger partial charge >= 0.3 is 6.18 Å². The van der Waals surface area contributed by atoms with E-state index in [1.807, 2.05) is 13.8 Å². The molecule has 0 radical (unpaired) electrons. The Morgan fingerprint density at radius 2 is 2.04 bits per heavy atom. The van der Waals surface area contributed by atoms with Crippen LogP contribution in [0.2, 0.25) is 0 Å². The molecule has 0 aliphatic heterocycles. The summed E-state index contributed by atoms with van der Waals surface area (Å²) in [6.45, 7) is 6.90. The van der Waals surface area contributed by atoms with E-state index >= 15 is 0 Å². The van der Waals surface area contributed by atoms with E-state index in [0.717, 1.165) is 38.5 Å². The van der Waals surface area contributed by atoms with Crippen molar-refractivity contribution < 1.29 is 18.0 Å². The van der Waals surface area contributed by atoms with Gasteiger partial charge in [-0.1, -0.05) is 13.8 Å². The van der Waals surface area contributed by atoms with Gasteiger partial charge in [-0.25, -0.2) is 0 Å². The SMILES string of the molecule is CCN(CC)CCNC(=O)Cn1nc(C(F)(F)F)cc1C1CC1. The third-order valence-corrected chi connectivity index (χ3v) is 4.04. The normalized spacial score (nSPS) is 15.2. The lowest BCUT2D eigenvalue weighted by atomic mass is 10.2. The first-order valence-electron chi connectivity index (χ1n) is 7.99. The van der Waals surface area contributed by atoms with Crippen molar-refractivity contribution in [3.05, 3.63) is 17.5 Å². The molecule has 0 spiro atoms. The minimum Gasteiger partial charge on any atom is -0.353 e. The van der Waals surface area contributed by atoms with Gasteiger partial charge in [0.15, 0.2) is 5.69 Å². The Kier molecular flexibility index (Phi) is 5.67. The molecule has 0 unspecified atom stereocenters. The highest BCUT2D eigenvalue weighted by Gasteiger charge is 2.38. The lowest BCUT2D eigenvalue weighted by Crippen LogP contribution is -2.36.